The average molecular weight is 460 g/mol. The lowest BCUT2D eigenvalue weighted by Gasteiger charge is -2.07. The lowest BCUT2D eigenvalue weighted by Crippen LogP contribution is -2.44. The minimum absolute atomic E-state index is 0.343. The summed E-state index contributed by atoms with van der Waals surface area (Å²) in [7, 11) is 3.74. The normalized spacial score (nSPS) is 12.1. The first-order valence-corrected chi connectivity index (χ1v) is 8.57. The number of benzene rings is 2. The zero-order valence-corrected chi connectivity index (χ0v) is 16.0. The molecule has 0 unspecified atom stereocenters. The van der Waals surface area contributed by atoms with E-state index in [4.69, 9.17) is 23.2 Å². The fourth-order valence-electron chi connectivity index (χ4n) is 2.45. The van der Waals surface area contributed by atoms with Gasteiger partial charge in [-0.05, 0) is 59.0 Å². The lowest BCUT2D eigenvalue weighted by atomic mass is 10.2. The Labute approximate surface area is 157 Å². The molecule has 0 bridgehead atoms. The van der Waals surface area contributed by atoms with Gasteiger partial charge in [0.1, 0.15) is 5.52 Å². The number of halogens is 3. The van der Waals surface area contributed by atoms with Gasteiger partial charge in [0.15, 0.2) is 7.05 Å². The van der Waals surface area contributed by atoms with Gasteiger partial charge in [0.2, 0.25) is 5.69 Å². The quantitative estimate of drug-likeness (QED) is 0.251. The molecule has 23 heavy (non-hydrogen) atoms. The van der Waals surface area contributed by atoms with Crippen LogP contribution < -0.4 is 9.79 Å². The molecule has 0 saturated heterocycles. The minimum Gasteiger partial charge on any atom is -0.854 e. The SMILES string of the molecule is Cn1c2ccc(I)cc2c(C([O-])=Nc2ccc(Cl)cc2Cl)[n+]1C. The smallest absolute Gasteiger partial charge is 0.249 e. The Morgan fingerprint density at radius 3 is 2.65 bits per heavy atom. The average Bonchev–Trinajstić information content (AvgIpc) is 2.73. The molecule has 0 fully saturated rings. The van der Waals surface area contributed by atoms with Crippen molar-refractivity contribution in [2.24, 2.45) is 19.1 Å². The van der Waals surface area contributed by atoms with Gasteiger partial charge in [-0.25, -0.2) is 0 Å². The second kappa shape index (κ2) is 6.30. The third-order valence-corrected chi connectivity index (χ3v) is 4.88. The van der Waals surface area contributed by atoms with Crippen molar-refractivity contribution in [3.63, 3.8) is 0 Å². The largest absolute Gasteiger partial charge is 0.854 e. The predicted molar refractivity (Wildman–Crippen MR) is 99.5 cm³/mol. The van der Waals surface area contributed by atoms with Gasteiger partial charge < -0.3 is 5.11 Å². The maximum Gasteiger partial charge on any atom is 0.249 e. The van der Waals surface area contributed by atoms with Crippen molar-refractivity contribution in [3.05, 3.63) is 55.7 Å². The number of hydrogen-bond donors (Lipinski definition) is 0. The van der Waals surface area contributed by atoms with Crippen molar-refractivity contribution in [1.82, 2.24) is 4.68 Å². The molecule has 118 valence electrons. The van der Waals surface area contributed by atoms with Crippen LogP contribution in [0, 0.1) is 3.57 Å². The summed E-state index contributed by atoms with van der Waals surface area (Å²) in [6.07, 6.45) is 0. The number of hydrogen-bond acceptors (Lipinski definition) is 2. The molecule has 1 aromatic heterocycles. The molecule has 0 aliphatic rings. The summed E-state index contributed by atoms with van der Waals surface area (Å²) >= 11 is 14.2. The van der Waals surface area contributed by atoms with Crippen LogP contribution in [0.25, 0.3) is 10.9 Å². The van der Waals surface area contributed by atoms with E-state index in [-0.39, 0.29) is 5.90 Å². The molecule has 1 heterocycles. The highest BCUT2D eigenvalue weighted by molar-refractivity contribution is 14.1. The van der Waals surface area contributed by atoms with Gasteiger partial charge in [0.25, 0.3) is 0 Å². The Balaban J connectivity index is 2.21. The van der Waals surface area contributed by atoms with Gasteiger partial charge in [0, 0.05) is 8.59 Å². The molecular weight excluding hydrogens is 448 g/mol. The van der Waals surface area contributed by atoms with Gasteiger partial charge in [0.05, 0.1) is 29.0 Å². The third-order valence-electron chi connectivity index (χ3n) is 3.67. The van der Waals surface area contributed by atoms with Crippen molar-refractivity contribution in [2.45, 2.75) is 0 Å². The van der Waals surface area contributed by atoms with E-state index < -0.39 is 0 Å². The highest BCUT2D eigenvalue weighted by atomic mass is 127. The summed E-state index contributed by atoms with van der Waals surface area (Å²) in [5, 5.41) is 14.4. The van der Waals surface area contributed by atoms with E-state index in [0.29, 0.717) is 21.4 Å². The third kappa shape index (κ3) is 3.05. The molecule has 3 rings (SSSR count). The second-order valence-corrected chi connectivity index (χ2v) is 7.16. The first kappa shape index (κ1) is 16.5. The lowest BCUT2D eigenvalue weighted by molar-refractivity contribution is -0.751. The standard InChI is InChI=1S/C16H12Cl2IN3O/c1-21-14-6-4-10(19)8-11(14)15(22(21)2)16(23)20-13-5-3-9(17)7-12(13)18/h3-8H,1-2H3. The molecule has 0 radical (unpaired) electrons. The molecule has 0 spiro atoms. The number of fused-ring (bicyclic) bond motifs is 1. The van der Waals surface area contributed by atoms with E-state index in [1.165, 1.54) is 0 Å². The van der Waals surface area contributed by atoms with Gasteiger partial charge >= 0.3 is 0 Å². The number of rotatable bonds is 2. The van der Waals surface area contributed by atoms with Crippen LogP contribution >= 0.6 is 45.8 Å². The molecule has 0 saturated carbocycles. The Bertz CT molecular complexity index is 950. The molecule has 7 heteroatoms. The van der Waals surface area contributed by atoms with Crippen LogP contribution in [-0.2, 0) is 14.1 Å². The summed E-state index contributed by atoms with van der Waals surface area (Å²) in [4.78, 5) is 4.16. The van der Waals surface area contributed by atoms with E-state index in [1.54, 1.807) is 22.9 Å². The van der Waals surface area contributed by atoms with Crippen LogP contribution in [0.2, 0.25) is 10.0 Å². The number of aliphatic imine (C=N–C) groups is 1. The molecule has 0 atom stereocenters. The first-order valence-electron chi connectivity index (χ1n) is 6.74. The monoisotopic (exact) mass is 459 g/mol. The Hall–Kier alpha value is -1.31. The van der Waals surface area contributed by atoms with E-state index in [9.17, 15) is 5.11 Å². The van der Waals surface area contributed by atoms with Crippen molar-refractivity contribution < 1.29 is 9.79 Å². The molecule has 0 N–H and O–H groups in total. The Kier molecular flexibility index (Phi) is 4.53. The zero-order chi connectivity index (χ0) is 16.7. The Morgan fingerprint density at radius 2 is 1.96 bits per heavy atom. The molecule has 3 aromatic rings. The van der Waals surface area contributed by atoms with Crippen LogP contribution in [-0.4, -0.2) is 10.6 Å². The van der Waals surface area contributed by atoms with E-state index >= 15 is 0 Å². The van der Waals surface area contributed by atoms with Crippen LogP contribution in [0.1, 0.15) is 5.69 Å². The summed E-state index contributed by atoms with van der Waals surface area (Å²) in [5.41, 5.74) is 1.89. The van der Waals surface area contributed by atoms with E-state index in [0.717, 1.165) is 14.5 Å². The van der Waals surface area contributed by atoms with Gasteiger partial charge in [-0.2, -0.15) is 4.68 Å². The molecule has 2 aromatic carbocycles. The summed E-state index contributed by atoms with van der Waals surface area (Å²) in [5.74, 6) is -0.343. The summed E-state index contributed by atoms with van der Waals surface area (Å²) < 4.78 is 4.76. The van der Waals surface area contributed by atoms with Crippen LogP contribution in [0.5, 0.6) is 0 Å². The fourth-order valence-corrected chi connectivity index (χ4v) is 3.40. The molecule has 0 aliphatic heterocycles. The highest BCUT2D eigenvalue weighted by Gasteiger charge is 2.20. The Morgan fingerprint density at radius 1 is 1.22 bits per heavy atom. The highest BCUT2D eigenvalue weighted by Crippen LogP contribution is 2.28. The molecule has 4 nitrogen and oxygen atoms in total. The van der Waals surface area contributed by atoms with Crippen molar-refractivity contribution in [3.8, 4) is 0 Å². The van der Waals surface area contributed by atoms with Crippen LogP contribution in [0.3, 0.4) is 0 Å². The topological polar surface area (TPSA) is 44.2 Å². The van der Waals surface area contributed by atoms with Crippen molar-refractivity contribution in [2.75, 3.05) is 0 Å². The molecular formula is C16H12Cl2IN3O. The van der Waals surface area contributed by atoms with Gasteiger partial charge in [-0.3, -0.25) is 4.99 Å². The number of aryl methyl sites for hydroxylation is 1. The predicted octanol–water partition coefficient (Wildman–Crippen LogP) is 3.35. The summed E-state index contributed by atoms with van der Waals surface area (Å²) in [6, 6.07) is 10.8. The van der Waals surface area contributed by atoms with Gasteiger partial charge in [-0.1, -0.05) is 23.2 Å². The van der Waals surface area contributed by atoms with Crippen LogP contribution in [0.15, 0.2) is 41.4 Å². The zero-order valence-electron chi connectivity index (χ0n) is 12.3. The molecule has 0 amide bonds. The van der Waals surface area contributed by atoms with Crippen molar-refractivity contribution in [1.29, 1.82) is 0 Å². The number of nitrogens with zero attached hydrogens (tertiary/aromatic N) is 3. The maximum absolute atomic E-state index is 12.7. The fraction of sp³-hybridized carbons (Fsp3) is 0.125. The summed E-state index contributed by atoms with van der Waals surface area (Å²) in [6.45, 7) is 0. The number of aromatic nitrogens is 2. The van der Waals surface area contributed by atoms with E-state index in [2.05, 4.69) is 27.6 Å². The first-order chi connectivity index (χ1) is 10.9. The second-order valence-electron chi connectivity index (χ2n) is 5.07. The van der Waals surface area contributed by atoms with Crippen LogP contribution in [0.4, 0.5) is 5.69 Å². The van der Waals surface area contributed by atoms with Crippen molar-refractivity contribution >= 4 is 68.3 Å². The minimum atomic E-state index is -0.343. The molecule has 0 aliphatic carbocycles. The van der Waals surface area contributed by atoms with E-state index in [1.807, 2.05) is 37.0 Å². The van der Waals surface area contributed by atoms with Gasteiger partial charge in [-0.15, -0.1) is 4.68 Å². The maximum atomic E-state index is 12.7.